The molecule has 24 heavy (non-hydrogen) atoms. The molecule has 2 amide bonds. The van der Waals surface area contributed by atoms with E-state index in [0.29, 0.717) is 17.1 Å². The third-order valence-corrected chi connectivity index (χ3v) is 5.27. The van der Waals surface area contributed by atoms with Gasteiger partial charge >= 0.3 is 0 Å². The van der Waals surface area contributed by atoms with Crippen LogP contribution in [0.25, 0.3) is 0 Å². The van der Waals surface area contributed by atoms with E-state index in [2.05, 4.69) is 15.6 Å². The minimum absolute atomic E-state index is 0.138. The summed E-state index contributed by atoms with van der Waals surface area (Å²) in [5.41, 5.74) is 3.49. The van der Waals surface area contributed by atoms with Crippen molar-refractivity contribution in [1.29, 1.82) is 0 Å². The van der Waals surface area contributed by atoms with Crippen LogP contribution in [0.2, 0.25) is 0 Å². The molecule has 0 atom stereocenters. The van der Waals surface area contributed by atoms with E-state index in [1.165, 1.54) is 23.1 Å². The minimum Gasteiger partial charge on any atom is -0.346 e. The number of amides is 2. The van der Waals surface area contributed by atoms with Crippen molar-refractivity contribution in [3.05, 3.63) is 45.6 Å². The van der Waals surface area contributed by atoms with Crippen LogP contribution in [-0.4, -0.2) is 16.8 Å². The molecule has 0 aliphatic heterocycles. The molecule has 2 aromatic rings. The quantitative estimate of drug-likeness (QED) is 0.895. The first-order valence-electron chi connectivity index (χ1n) is 8.17. The summed E-state index contributed by atoms with van der Waals surface area (Å²) in [7, 11) is 0. The highest BCUT2D eigenvalue weighted by atomic mass is 32.1. The zero-order valence-corrected chi connectivity index (χ0v) is 14.8. The Labute approximate surface area is 145 Å². The van der Waals surface area contributed by atoms with E-state index in [1.807, 2.05) is 25.1 Å². The van der Waals surface area contributed by atoms with E-state index >= 15 is 0 Å². The molecule has 2 heterocycles. The van der Waals surface area contributed by atoms with Gasteiger partial charge in [-0.15, -0.1) is 11.3 Å². The van der Waals surface area contributed by atoms with Crippen LogP contribution in [0.4, 0.5) is 5.00 Å². The summed E-state index contributed by atoms with van der Waals surface area (Å²) in [4.78, 5) is 29.9. The molecule has 6 heteroatoms. The van der Waals surface area contributed by atoms with Gasteiger partial charge in [-0.3, -0.25) is 14.6 Å². The Balaban J connectivity index is 1.82. The number of nitrogens with one attached hydrogen (secondary N) is 2. The number of hydrogen-bond acceptors (Lipinski definition) is 4. The lowest BCUT2D eigenvalue weighted by atomic mass is 9.95. The van der Waals surface area contributed by atoms with Gasteiger partial charge in [0.25, 0.3) is 5.91 Å². The fourth-order valence-corrected chi connectivity index (χ4v) is 4.34. The molecule has 126 valence electrons. The summed E-state index contributed by atoms with van der Waals surface area (Å²) in [6.45, 7) is 3.77. The van der Waals surface area contributed by atoms with Crippen molar-refractivity contribution in [3.8, 4) is 0 Å². The second kappa shape index (κ2) is 7.13. The molecule has 2 N–H and O–H groups in total. The number of aryl methyl sites for hydroxylation is 2. The van der Waals surface area contributed by atoms with Crippen molar-refractivity contribution >= 4 is 28.2 Å². The van der Waals surface area contributed by atoms with Crippen LogP contribution >= 0.6 is 11.3 Å². The maximum Gasteiger partial charge on any atom is 0.254 e. The Bertz CT molecular complexity index is 783. The highest BCUT2D eigenvalue weighted by Gasteiger charge is 2.25. The Morgan fingerprint density at radius 1 is 1.25 bits per heavy atom. The number of aromatic nitrogens is 1. The zero-order chi connectivity index (χ0) is 17.1. The molecule has 2 aromatic heterocycles. The number of pyridine rings is 1. The highest BCUT2D eigenvalue weighted by Crippen LogP contribution is 2.38. The largest absolute Gasteiger partial charge is 0.346 e. The Morgan fingerprint density at radius 3 is 2.79 bits per heavy atom. The van der Waals surface area contributed by atoms with Gasteiger partial charge in [0.05, 0.1) is 17.8 Å². The second-order valence-electron chi connectivity index (χ2n) is 6.05. The lowest BCUT2D eigenvalue weighted by molar-refractivity contribution is -0.114. The SMILES string of the molecule is CC(=O)Nc1sc2c(c1C(=O)NCc1cccc(C)n1)CCCC2. The maximum absolute atomic E-state index is 12.8. The van der Waals surface area contributed by atoms with Gasteiger partial charge < -0.3 is 10.6 Å². The number of hydrogen-bond donors (Lipinski definition) is 2. The lowest BCUT2D eigenvalue weighted by Crippen LogP contribution is -2.25. The standard InChI is InChI=1S/C18H21N3O2S/c1-11-6-5-7-13(20-11)10-19-17(23)16-14-8-3-4-9-15(14)24-18(16)21-12(2)22/h5-7H,3-4,8-10H2,1-2H3,(H,19,23)(H,21,22). The first-order chi connectivity index (χ1) is 11.5. The summed E-state index contributed by atoms with van der Waals surface area (Å²) in [5.74, 6) is -0.288. The Hall–Kier alpha value is -2.21. The maximum atomic E-state index is 12.8. The van der Waals surface area contributed by atoms with E-state index in [1.54, 1.807) is 0 Å². The predicted molar refractivity (Wildman–Crippen MR) is 95.4 cm³/mol. The van der Waals surface area contributed by atoms with Crippen LogP contribution in [0.3, 0.4) is 0 Å². The summed E-state index contributed by atoms with van der Waals surface area (Å²) < 4.78 is 0. The number of thiophene rings is 1. The predicted octanol–water partition coefficient (Wildman–Crippen LogP) is 3.22. The smallest absolute Gasteiger partial charge is 0.254 e. The van der Waals surface area contributed by atoms with Gasteiger partial charge in [-0.2, -0.15) is 0 Å². The highest BCUT2D eigenvalue weighted by molar-refractivity contribution is 7.17. The second-order valence-corrected chi connectivity index (χ2v) is 7.15. The molecule has 5 nitrogen and oxygen atoms in total. The van der Waals surface area contributed by atoms with Crippen LogP contribution in [-0.2, 0) is 24.2 Å². The molecule has 0 radical (unpaired) electrons. The van der Waals surface area contributed by atoms with E-state index in [-0.39, 0.29) is 11.8 Å². The van der Waals surface area contributed by atoms with E-state index < -0.39 is 0 Å². The number of anilines is 1. The van der Waals surface area contributed by atoms with Gasteiger partial charge in [-0.05, 0) is 50.3 Å². The van der Waals surface area contributed by atoms with Crippen molar-refractivity contribution in [2.24, 2.45) is 0 Å². The van der Waals surface area contributed by atoms with Crippen molar-refractivity contribution in [1.82, 2.24) is 10.3 Å². The molecular weight excluding hydrogens is 322 g/mol. The van der Waals surface area contributed by atoms with E-state index in [9.17, 15) is 9.59 Å². The van der Waals surface area contributed by atoms with Gasteiger partial charge in [0.1, 0.15) is 5.00 Å². The molecule has 3 rings (SSSR count). The number of fused-ring (bicyclic) bond motifs is 1. The van der Waals surface area contributed by atoms with Crippen LogP contribution in [0, 0.1) is 6.92 Å². The summed E-state index contributed by atoms with van der Waals surface area (Å²) in [6.07, 6.45) is 4.11. The molecule has 0 saturated carbocycles. The van der Waals surface area contributed by atoms with Crippen molar-refractivity contribution < 1.29 is 9.59 Å². The minimum atomic E-state index is -0.150. The van der Waals surface area contributed by atoms with E-state index in [4.69, 9.17) is 0 Å². The van der Waals surface area contributed by atoms with Crippen LogP contribution < -0.4 is 10.6 Å². The average Bonchev–Trinajstić information content (AvgIpc) is 2.89. The summed E-state index contributed by atoms with van der Waals surface area (Å²) >= 11 is 1.53. The van der Waals surface area contributed by atoms with Gasteiger partial charge in [-0.1, -0.05) is 6.07 Å². The van der Waals surface area contributed by atoms with E-state index in [0.717, 1.165) is 42.6 Å². The van der Waals surface area contributed by atoms with Gasteiger partial charge in [0.2, 0.25) is 5.91 Å². The van der Waals surface area contributed by atoms with Gasteiger partial charge in [-0.25, -0.2) is 0 Å². The van der Waals surface area contributed by atoms with Crippen LogP contribution in [0.15, 0.2) is 18.2 Å². The molecule has 0 bridgehead atoms. The fraction of sp³-hybridized carbons (Fsp3) is 0.389. The third kappa shape index (κ3) is 3.64. The lowest BCUT2D eigenvalue weighted by Gasteiger charge is -2.13. The Kier molecular flexibility index (Phi) is 4.94. The normalized spacial score (nSPS) is 13.2. The summed E-state index contributed by atoms with van der Waals surface area (Å²) in [6, 6.07) is 5.75. The van der Waals surface area contributed by atoms with Gasteiger partial charge in [0.15, 0.2) is 0 Å². The first kappa shape index (κ1) is 16.6. The molecule has 0 unspecified atom stereocenters. The molecule has 0 aromatic carbocycles. The van der Waals surface area contributed by atoms with Crippen LogP contribution in [0.1, 0.15) is 52.0 Å². The number of carbonyl (C=O) groups is 2. The van der Waals surface area contributed by atoms with Crippen molar-refractivity contribution in [2.45, 2.75) is 46.1 Å². The molecule has 0 spiro atoms. The number of rotatable bonds is 4. The van der Waals surface area contributed by atoms with Gasteiger partial charge in [0, 0.05) is 17.5 Å². The average molecular weight is 343 g/mol. The third-order valence-electron chi connectivity index (χ3n) is 4.06. The molecule has 0 saturated heterocycles. The molecule has 0 fully saturated rings. The fourth-order valence-electron chi connectivity index (χ4n) is 3.01. The molecular formula is C18H21N3O2S. The zero-order valence-electron chi connectivity index (χ0n) is 13.9. The van der Waals surface area contributed by atoms with Crippen molar-refractivity contribution in [2.75, 3.05) is 5.32 Å². The topological polar surface area (TPSA) is 71.1 Å². The van der Waals surface area contributed by atoms with Crippen LogP contribution in [0.5, 0.6) is 0 Å². The number of nitrogens with zero attached hydrogens (tertiary/aromatic N) is 1. The Morgan fingerprint density at radius 2 is 2.04 bits per heavy atom. The monoisotopic (exact) mass is 343 g/mol. The molecule has 1 aliphatic rings. The van der Waals surface area contributed by atoms with Crippen molar-refractivity contribution in [3.63, 3.8) is 0 Å². The summed E-state index contributed by atoms with van der Waals surface area (Å²) in [5, 5.41) is 6.44. The molecule has 1 aliphatic carbocycles. The number of carbonyl (C=O) groups excluding carboxylic acids is 2. The first-order valence-corrected chi connectivity index (χ1v) is 8.99.